The predicted octanol–water partition coefficient (Wildman–Crippen LogP) is 4.11. The molecule has 1 heteroatoms. The molecule has 0 heterocycles. The topological polar surface area (TPSA) is 3.24 Å². The molecule has 0 bridgehead atoms. The van der Waals surface area contributed by atoms with E-state index in [-0.39, 0.29) is 0 Å². The lowest BCUT2D eigenvalue weighted by Crippen LogP contribution is -2.09. The summed E-state index contributed by atoms with van der Waals surface area (Å²) in [4.78, 5) is 2.12. The number of hydrogen-bond donors (Lipinski definition) is 0. The van der Waals surface area contributed by atoms with Gasteiger partial charge in [0.1, 0.15) is 0 Å². The van der Waals surface area contributed by atoms with E-state index in [1.165, 1.54) is 11.3 Å². The normalized spacial score (nSPS) is 7.64. The van der Waals surface area contributed by atoms with Crippen molar-refractivity contribution < 1.29 is 0 Å². The van der Waals surface area contributed by atoms with Gasteiger partial charge in [0.15, 0.2) is 0 Å². The molecule has 0 saturated heterocycles. The van der Waals surface area contributed by atoms with Gasteiger partial charge in [-0.15, -0.1) is 0 Å². The summed E-state index contributed by atoms with van der Waals surface area (Å²) in [5.41, 5.74) is 2.62. The number of para-hydroxylation sites is 1. The molecule has 0 amide bonds. The summed E-state index contributed by atoms with van der Waals surface area (Å²) in [7, 11) is 4.12. The highest BCUT2D eigenvalue weighted by Gasteiger charge is 1.95. The first-order chi connectivity index (χ1) is 6.72. The molecule has 1 nitrogen and oxygen atoms in total. The molecule has 0 aliphatic carbocycles. The van der Waals surface area contributed by atoms with E-state index >= 15 is 0 Å². The molecule has 1 rings (SSSR count). The lowest BCUT2D eigenvalue weighted by Gasteiger charge is -2.14. The van der Waals surface area contributed by atoms with Gasteiger partial charge in [-0.3, -0.25) is 0 Å². The van der Waals surface area contributed by atoms with Gasteiger partial charge in [0.05, 0.1) is 0 Å². The minimum Gasteiger partial charge on any atom is -0.377 e. The maximum Gasteiger partial charge on any atom is 0.0390 e. The van der Waals surface area contributed by atoms with Crippen LogP contribution in [0.3, 0.4) is 0 Å². The molecule has 0 N–H and O–H groups in total. The summed E-state index contributed by atoms with van der Waals surface area (Å²) >= 11 is 0. The molecule has 0 aliphatic rings. The maximum absolute atomic E-state index is 2.12. The number of benzene rings is 1. The second-order valence-electron chi connectivity index (χ2n) is 2.68. The quantitative estimate of drug-likeness (QED) is 0.651. The Kier molecular flexibility index (Phi) is 11.2. The molecule has 0 aliphatic heterocycles. The summed E-state index contributed by atoms with van der Waals surface area (Å²) in [6.07, 6.45) is 0. The molecule has 0 fully saturated rings. The third-order valence-electron chi connectivity index (χ3n) is 1.60. The van der Waals surface area contributed by atoms with E-state index in [0.717, 1.165) is 0 Å². The van der Waals surface area contributed by atoms with Gasteiger partial charge in [-0.05, 0) is 18.6 Å². The van der Waals surface area contributed by atoms with Crippen molar-refractivity contribution in [3.8, 4) is 0 Å². The Morgan fingerprint density at radius 3 is 1.57 bits per heavy atom. The van der Waals surface area contributed by atoms with Crippen molar-refractivity contribution in [3.05, 3.63) is 29.8 Å². The SMILES string of the molecule is CC.CC.Cc1ccccc1N(C)C. The van der Waals surface area contributed by atoms with Crippen LogP contribution >= 0.6 is 0 Å². The third kappa shape index (κ3) is 5.63. The van der Waals surface area contributed by atoms with E-state index in [0.29, 0.717) is 0 Å². The molecule has 0 unspecified atom stereocenters. The Bertz CT molecular complexity index is 216. The van der Waals surface area contributed by atoms with Gasteiger partial charge in [-0.25, -0.2) is 0 Å². The van der Waals surface area contributed by atoms with E-state index in [2.05, 4.69) is 50.2 Å². The summed E-state index contributed by atoms with van der Waals surface area (Å²) in [5.74, 6) is 0. The first-order valence-electron chi connectivity index (χ1n) is 5.45. The number of rotatable bonds is 1. The smallest absolute Gasteiger partial charge is 0.0390 e. The van der Waals surface area contributed by atoms with Crippen molar-refractivity contribution in [1.82, 2.24) is 0 Å². The summed E-state index contributed by atoms with van der Waals surface area (Å²) in [6, 6.07) is 8.36. The van der Waals surface area contributed by atoms with Gasteiger partial charge in [0.2, 0.25) is 0 Å². The summed E-state index contributed by atoms with van der Waals surface area (Å²) in [6.45, 7) is 10.1. The Hall–Kier alpha value is -0.980. The lowest BCUT2D eigenvalue weighted by molar-refractivity contribution is 1.11. The van der Waals surface area contributed by atoms with E-state index in [1.807, 2.05) is 27.7 Å². The van der Waals surface area contributed by atoms with Crippen molar-refractivity contribution in [2.24, 2.45) is 0 Å². The molecule has 1 aromatic carbocycles. The zero-order valence-corrected chi connectivity index (χ0v) is 10.8. The zero-order chi connectivity index (χ0) is 11.6. The average Bonchev–Trinajstić information content (AvgIpc) is 2.24. The van der Waals surface area contributed by atoms with Crippen LogP contribution in [0.1, 0.15) is 33.3 Å². The van der Waals surface area contributed by atoms with Crippen LogP contribution in [0.2, 0.25) is 0 Å². The van der Waals surface area contributed by atoms with Crippen molar-refractivity contribution >= 4 is 5.69 Å². The highest BCUT2D eigenvalue weighted by Crippen LogP contribution is 2.15. The summed E-state index contributed by atoms with van der Waals surface area (Å²) in [5, 5.41) is 0. The third-order valence-corrected chi connectivity index (χ3v) is 1.60. The number of hydrogen-bond acceptors (Lipinski definition) is 1. The fourth-order valence-electron chi connectivity index (χ4n) is 1.07. The van der Waals surface area contributed by atoms with Gasteiger partial charge >= 0.3 is 0 Å². The molecule has 0 aromatic heterocycles. The van der Waals surface area contributed by atoms with Crippen LogP contribution in [0.5, 0.6) is 0 Å². The second kappa shape index (κ2) is 10.1. The Morgan fingerprint density at radius 1 is 0.857 bits per heavy atom. The van der Waals surface area contributed by atoms with Gasteiger partial charge in [-0.2, -0.15) is 0 Å². The molecule has 0 spiro atoms. The van der Waals surface area contributed by atoms with Crippen LogP contribution in [0.15, 0.2) is 24.3 Å². The van der Waals surface area contributed by atoms with Crippen molar-refractivity contribution in [3.63, 3.8) is 0 Å². The van der Waals surface area contributed by atoms with Gasteiger partial charge in [0.25, 0.3) is 0 Å². The van der Waals surface area contributed by atoms with E-state index < -0.39 is 0 Å². The zero-order valence-electron chi connectivity index (χ0n) is 10.8. The molecule has 14 heavy (non-hydrogen) atoms. The van der Waals surface area contributed by atoms with Crippen molar-refractivity contribution in [2.45, 2.75) is 34.6 Å². The number of nitrogens with zero attached hydrogens (tertiary/aromatic N) is 1. The van der Waals surface area contributed by atoms with Crippen LogP contribution in [-0.4, -0.2) is 14.1 Å². The predicted molar refractivity (Wildman–Crippen MR) is 68.2 cm³/mol. The average molecular weight is 195 g/mol. The summed E-state index contributed by atoms with van der Waals surface area (Å²) < 4.78 is 0. The maximum atomic E-state index is 2.12. The minimum atomic E-state index is 1.29. The molecular formula is C13H25N. The van der Waals surface area contributed by atoms with Gasteiger partial charge in [0, 0.05) is 19.8 Å². The Morgan fingerprint density at radius 2 is 1.29 bits per heavy atom. The van der Waals surface area contributed by atoms with Crippen LogP contribution in [0.4, 0.5) is 5.69 Å². The minimum absolute atomic E-state index is 1.29. The highest BCUT2D eigenvalue weighted by atomic mass is 15.1. The standard InChI is InChI=1S/C9H13N.2C2H6/c1-8-6-4-5-7-9(8)10(2)3;2*1-2/h4-7H,1-3H3;2*1-2H3. The number of anilines is 1. The van der Waals surface area contributed by atoms with E-state index in [1.54, 1.807) is 0 Å². The first kappa shape index (κ1) is 15.5. The Labute approximate surface area is 89.8 Å². The second-order valence-corrected chi connectivity index (χ2v) is 2.68. The van der Waals surface area contributed by atoms with Crippen LogP contribution in [-0.2, 0) is 0 Å². The van der Waals surface area contributed by atoms with Crippen molar-refractivity contribution in [1.29, 1.82) is 0 Å². The fourth-order valence-corrected chi connectivity index (χ4v) is 1.07. The Balaban J connectivity index is 0. The van der Waals surface area contributed by atoms with Gasteiger partial charge in [-0.1, -0.05) is 45.9 Å². The van der Waals surface area contributed by atoms with E-state index in [9.17, 15) is 0 Å². The number of aryl methyl sites for hydroxylation is 1. The molecule has 1 aromatic rings. The lowest BCUT2D eigenvalue weighted by atomic mass is 10.2. The van der Waals surface area contributed by atoms with Crippen LogP contribution in [0.25, 0.3) is 0 Å². The molecular weight excluding hydrogens is 170 g/mol. The van der Waals surface area contributed by atoms with Crippen LogP contribution < -0.4 is 4.90 Å². The molecule has 82 valence electrons. The molecule has 0 atom stereocenters. The first-order valence-corrected chi connectivity index (χ1v) is 5.45. The van der Waals surface area contributed by atoms with Crippen LogP contribution in [0, 0.1) is 6.92 Å². The van der Waals surface area contributed by atoms with Crippen molar-refractivity contribution in [2.75, 3.05) is 19.0 Å². The largest absolute Gasteiger partial charge is 0.377 e. The van der Waals surface area contributed by atoms with E-state index in [4.69, 9.17) is 0 Å². The molecule has 0 radical (unpaired) electrons. The highest BCUT2D eigenvalue weighted by molar-refractivity contribution is 5.51. The van der Waals surface area contributed by atoms with Gasteiger partial charge < -0.3 is 4.90 Å². The fraction of sp³-hybridized carbons (Fsp3) is 0.538. The monoisotopic (exact) mass is 195 g/mol. The molecule has 0 saturated carbocycles.